The molecule has 0 bridgehead atoms. The van der Waals surface area contributed by atoms with Gasteiger partial charge in [0.05, 0.1) is 17.6 Å². The molecular weight excluding hydrogens is 419 g/mol. The van der Waals surface area contributed by atoms with Crippen molar-refractivity contribution in [3.8, 4) is 11.8 Å². The summed E-state index contributed by atoms with van der Waals surface area (Å²) in [5, 5.41) is 23.7. The highest BCUT2D eigenvalue weighted by molar-refractivity contribution is 6.32. The van der Waals surface area contributed by atoms with Crippen LogP contribution in [0.5, 0.6) is 5.75 Å². The van der Waals surface area contributed by atoms with Gasteiger partial charge in [0, 0.05) is 15.7 Å². The molecule has 0 saturated carbocycles. The fourth-order valence-electron chi connectivity index (χ4n) is 3.36. The molecule has 0 spiro atoms. The highest BCUT2D eigenvalue weighted by atomic mass is 35.5. The first-order valence-electron chi connectivity index (χ1n) is 9.28. The molecule has 2 N–H and O–H groups in total. The minimum atomic E-state index is -0.568. The van der Waals surface area contributed by atoms with Gasteiger partial charge in [0.15, 0.2) is 0 Å². The molecule has 0 aromatic heterocycles. The van der Waals surface area contributed by atoms with Crippen molar-refractivity contribution in [1.29, 1.82) is 5.26 Å². The topological polar surface area (TPSA) is 73.1 Å². The van der Waals surface area contributed by atoms with Crippen molar-refractivity contribution < 1.29 is 9.90 Å². The lowest BCUT2D eigenvalue weighted by Gasteiger charge is -2.17. The Morgan fingerprint density at radius 3 is 2.33 bits per heavy atom. The van der Waals surface area contributed by atoms with Gasteiger partial charge in [-0.05, 0) is 72.9 Å². The molecule has 1 atom stereocenters. The molecule has 0 saturated heterocycles. The number of aryl methyl sites for hydroxylation is 3. The maximum atomic E-state index is 12.8. The third-order valence-corrected chi connectivity index (χ3v) is 5.50. The summed E-state index contributed by atoms with van der Waals surface area (Å²) >= 11 is 12.4. The van der Waals surface area contributed by atoms with E-state index in [1.807, 2.05) is 19.9 Å². The maximum Gasteiger partial charge on any atom is 0.259 e. The first-order valence-corrected chi connectivity index (χ1v) is 10.0. The van der Waals surface area contributed by atoms with Crippen LogP contribution in [0.1, 0.15) is 44.1 Å². The Balaban J connectivity index is 1.94. The van der Waals surface area contributed by atoms with E-state index in [0.717, 1.165) is 16.7 Å². The van der Waals surface area contributed by atoms with E-state index in [-0.39, 0.29) is 11.3 Å². The second-order valence-electron chi connectivity index (χ2n) is 7.23. The summed E-state index contributed by atoms with van der Waals surface area (Å²) in [6, 6.07) is 16.2. The van der Waals surface area contributed by atoms with Gasteiger partial charge in [0.25, 0.3) is 5.91 Å². The van der Waals surface area contributed by atoms with Crippen LogP contribution in [0.2, 0.25) is 10.0 Å². The Labute approximate surface area is 185 Å². The zero-order valence-corrected chi connectivity index (χ0v) is 18.3. The van der Waals surface area contributed by atoms with Crippen LogP contribution < -0.4 is 5.32 Å². The molecule has 6 heteroatoms. The number of benzene rings is 3. The molecule has 0 aliphatic carbocycles. The van der Waals surface area contributed by atoms with Gasteiger partial charge in [0.2, 0.25) is 0 Å². The van der Waals surface area contributed by atoms with Crippen molar-refractivity contribution in [2.24, 2.45) is 0 Å². The number of anilines is 1. The first-order chi connectivity index (χ1) is 14.2. The lowest BCUT2D eigenvalue weighted by atomic mass is 9.91. The predicted octanol–water partition coefficient (Wildman–Crippen LogP) is 6.53. The number of phenols is 1. The maximum absolute atomic E-state index is 12.8. The fourth-order valence-corrected chi connectivity index (χ4v) is 3.76. The third-order valence-electron chi connectivity index (χ3n) is 4.92. The van der Waals surface area contributed by atoms with Crippen molar-refractivity contribution in [2.45, 2.75) is 26.7 Å². The minimum absolute atomic E-state index is 0.0502. The summed E-state index contributed by atoms with van der Waals surface area (Å²) in [4.78, 5) is 12.8. The van der Waals surface area contributed by atoms with E-state index in [9.17, 15) is 15.2 Å². The van der Waals surface area contributed by atoms with Crippen LogP contribution in [0.3, 0.4) is 0 Å². The Hall–Kier alpha value is -3.00. The highest BCUT2D eigenvalue weighted by Gasteiger charge is 2.20. The molecule has 152 valence electrons. The largest absolute Gasteiger partial charge is 0.507 e. The van der Waals surface area contributed by atoms with Crippen molar-refractivity contribution in [2.75, 3.05) is 5.32 Å². The molecule has 0 aliphatic heterocycles. The summed E-state index contributed by atoms with van der Waals surface area (Å²) in [6.07, 6.45) is 0. The Morgan fingerprint density at radius 2 is 1.70 bits per heavy atom. The summed E-state index contributed by atoms with van der Waals surface area (Å²) in [7, 11) is 0. The molecule has 0 heterocycles. The first kappa shape index (κ1) is 21.7. The van der Waals surface area contributed by atoms with Gasteiger partial charge in [-0.15, -0.1) is 0 Å². The molecule has 3 rings (SSSR count). The van der Waals surface area contributed by atoms with Gasteiger partial charge in [-0.25, -0.2) is 0 Å². The van der Waals surface area contributed by atoms with Gasteiger partial charge in [-0.2, -0.15) is 5.26 Å². The van der Waals surface area contributed by atoms with Gasteiger partial charge in [-0.3, -0.25) is 4.79 Å². The van der Waals surface area contributed by atoms with E-state index in [2.05, 4.69) is 11.4 Å². The standard InChI is InChI=1S/C24H20Cl2N2O2/c1-13-8-15(3)23(29)19(9-13)24(30)28-22-11-21(26)18(10-14(22)2)20(12-27)16-4-6-17(25)7-5-16/h4-11,20,29H,1-3H3,(H,28,30). The zero-order valence-electron chi connectivity index (χ0n) is 16.8. The number of carbonyl (C=O) groups excluding carboxylic acids is 1. The van der Waals surface area contributed by atoms with Crippen molar-refractivity contribution >= 4 is 34.8 Å². The molecule has 3 aromatic rings. The zero-order chi connectivity index (χ0) is 22.0. The van der Waals surface area contributed by atoms with E-state index in [1.165, 1.54) is 0 Å². The summed E-state index contributed by atoms with van der Waals surface area (Å²) < 4.78 is 0. The van der Waals surface area contributed by atoms with Crippen LogP contribution in [0.15, 0.2) is 48.5 Å². The second-order valence-corrected chi connectivity index (χ2v) is 8.08. The number of halogens is 2. The van der Waals surface area contributed by atoms with Crippen LogP contribution in [0.4, 0.5) is 5.69 Å². The van der Waals surface area contributed by atoms with E-state index in [1.54, 1.807) is 49.4 Å². The van der Waals surface area contributed by atoms with E-state index in [0.29, 0.717) is 26.9 Å². The molecule has 1 amide bonds. The summed E-state index contributed by atoms with van der Waals surface area (Å²) in [5.41, 5.74) is 4.39. The number of nitriles is 1. The Kier molecular flexibility index (Phi) is 6.36. The van der Waals surface area contributed by atoms with Crippen LogP contribution in [-0.4, -0.2) is 11.0 Å². The number of rotatable bonds is 4. The Morgan fingerprint density at radius 1 is 1.03 bits per heavy atom. The number of nitrogens with one attached hydrogen (secondary N) is 1. The highest BCUT2D eigenvalue weighted by Crippen LogP contribution is 2.35. The molecule has 1 unspecified atom stereocenters. The second kappa shape index (κ2) is 8.79. The lowest BCUT2D eigenvalue weighted by Crippen LogP contribution is -2.14. The molecule has 0 radical (unpaired) electrons. The minimum Gasteiger partial charge on any atom is -0.507 e. The van der Waals surface area contributed by atoms with Gasteiger partial charge >= 0.3 is 0 Å². The molecular formula is C24H20Cl2N2O2. The number of carbonyl (C=O) groups is 1. The quantitative estimate of drug-likeness (QED) is 0.485. The van der Waals surface area contributed by atoms with Crippen LogP contribution >= 0.6 is 23.2 Å². The summed E-state index contributed by atoms with van der Waals surface area (Å²) in [5.74, 6) is -1.05. The normalized spacial score (nSPS) is 11.6. The average molecular weight is 439 g/mol. The van der Waals surface area contributed by atoms with Crippen molar-refractivity contribution in [1.82, 2.24) is 0 Å². The van der Waals surface area contributed by atoms with E-state index >= 15 is 0 Å². The Bertz CT molecular complexity index is 1170. The average Bonchev–Trinajstić information content (AvgIpc) is 2.70. The monoisotopic (exact) mass is 438 g/mol. The van der Waals surface area contributed by atoms with Gasteiger partial charge in [0.1, 0.15) is 5.75 Å². The number of hydrogen-bond donors (Lipinski definition) is 2. The summed E-state index contributed by atoms with van der Waals surface area (Å²) in [6.45, 7) is 5.43. The van der Waals surface area contributed by atoms with Crippen LogP contribution in [0.25, 0.3) is 0 Å². The smallest absolute Gasteiger partial charge is 0.259 e. The third kappa shape index (κ3) is 4.43. The number of phenolic OH excluding ortho intramolecular Hbond substituents is 1. The number of aromatic hydroxyl groups is 1. The number of amides is 1. The van der Waals surface area contributed by atoms with Crippen LogP contribution in [0, 0.1) is 32.1 Å². The van der Waals surface area contributed by atoms with Gasteiger partial charge < -0.3 is 10.4 Å². The van der Waals surface area contributed by atoms with Crippen molar-refractivity contribution in [3.63, 3.8) is 0 Å². The molecule has 30 heavy (non-hydrogen) atoms. The number of nitrogens with zero attached hydrogens (tertiary/aromatic N) is 1. The molecule has 3 aromatic carbocycles. The SMILES string of the molecule is Cc1cc(C)c(O)c(C(=O)Nc2cc(Cl)c(C(C#N)c3ccc(Cl)cc3)cc2C)c1. The van der Waals surface area contributed by atoms with E-state index in [4.69, 9.17) is 23.2 Å². The van der Waals surface area contributed by atoms with Crippen molar-refractivity contribution in [3.05, 3.63) is 92.0 Å². The van der Waals surface area contributed by atoms with E-state index < -0.39 is 11.8 Å². The predicted molar refractivity (Wildman–Crippen MR) is 121 cm³/mol. The number of hydrogen-bond acceptors (Lipinski definition) is 3. The fraction of sp³-hybridized carbons (Fsp3) is 0.167. The molecule has 0 aliphatic rings. The van der Waals surface area contributed by atoms with Gasteiger partial charge in [-0.1, -0.05) is 47.5 Å². The molecule has 0 fully saturated rings. The lowest BCUT2D eigenvalue weighted by molar-refractivity contribution is 0.102. The van der Waals surface area contributed by atoms with Crippen LogP contribution in [-0.2, 0) is 0 Å². The molecule has 4 nitrogen and oxygen atoms in total.